The number of halogens is 1. The van der Waals surface area contributed by atoms with Gasteiger partial charge >= 0.3 is 6.09 Å². The number of ether oxygens (including phenoxy) is 1. The van der Waals surface area contributed by atoms with Gasteiger partial charge in [-0.1, -0.05) is 15.9 Å². The van der Waals surface area contributed by atoms with Gasteiger partial charge in [-0.05, 0) is 51.1 Å². The van der Waals surface area contributed by atoms with Gasteiger partial charge in [0.25, 0.3) is 0 Å². The summed E-state index contributed by atoms with van der Waals surface area (Å²) < 4.78 is 6.63. The van der Waals surface area contributed by atoms with Crippen LogP contribution in [0.4, 0.5) is 10.5 Å². The Morgan fingerprint density at radius 3 is 2.83 bits per heavy atom. The minimum Gasteiger partial charge on any atom is -0.444 e. The van der Waals surface area contributed by atoms with E-state index in [4.69, 9.17) is 4.74 Å². The molecule has 0 bridgehead atoms. The number of nitrogens with one attached hydrogen (secondary N) is 1. The Bertz CT molecular complexity index is 630. The first-order valence-corrected chi connectivity index (χ1v) is 9.92. The maximum atomic E-state index is 12.4. The summed E-state index contributed by atoms with van der Waals surface area (Å²) in [5.74, 6) is 0.328. The number of hydrogen-bond acceptors (Lipinski definition) is 4. The maximum Gasteiger partial charge on any atom is 0.410 e. The van der Waals surface area contributed by atoms with Crippen LogP contribution >= 0.6 is 27.7 Å². The van der Waals surface area contributed by atoms with Crippen LogP contribution in [0.1, 0.15) is 38.7 Å². The molecule has 1 aromatic rings. The monoisotopic (exact) mass is 398 g/mol. The van der Waals surface area contributed by atoms with Crippen LogP contribution in [0.25, 0.3) is 0 Å². The van der Waals surface area contributed by atoms with Crippen LogP contribution in [-0.2, 0) is 4.74 Å². The number of carbonyl (C=O) groups excluding carboxylic acids is 1. The summed E-state index contributed by atoms with van der Waals surface area (Å²) >= 11 is 5.36. The van der Waals surface area contributed by atoms with E-state index in [2.05, 4.69) is 39.6 Å². The van der Waals surface area contributed by atoms with Gasteiger partial charge in [0.1, 0.15) is 5.60 Å². The van der Waals surface area contributed by atoms with Crippen molar-refractivity contribution in [2.24, 2.45) is 0 Å². The molecule has 0 spiro atoms. The lowest BCUT2D eigenvalue weighted by Crippen LogP contribution is -2.46. The molecule has 0 aliphatic carbocycles. The molecule has 2 aliphatic rings. The zero-order valence-corrected chi connectivity index (χ0v) is 16.4. The molecule has 3 rings (SSSR count). The van der Waals surface area contributed by atoms with Gasteiger partial charge in [0.15, 0.2) is 0 Å². The minimum atomic E-state index is -0.450. The Hall–Kier alpha value is -0.880. The molecule has 6 heteroatoms. The van der Waals surface area contributed by atoms with Gasteiger partial charge < -0.3 is 15.0 Å². The third kappa shape index (κ3) is 3.48. The van der Waals surface area contributed by atoms with Gasteiger partial charge in [-0.25, -0.2) is 4.79 Å². The fourth-order valence-corrected chi connectivity index (χ4v) is 4.58. The van der Waals surface area contributed by atoms with Crippen LogP contribution in [0.3, 0.4) is 0 Å². The molecule has 1 fully saturated rings. The lowest BCUT2D eigenvalue weighted by Gasteiger charge is -2.36. The lowest BCUT2D eigenvalue weighted by molar-refractivity contribution is 0.0195. The number of thioether (sulfide) groups is 1. The van der Waals surface area contributed by atoms with Crippen LogP contribution in [0, 0.1) is 0 Å². The van der Waals surface area contributed by atoms with Crippen LogP contribution in [-0.4, -0.2) is 42.0 Å². The zero-order valence-electron chi connectivity index (χ0n) is 14.0. The molecular formula is C17H23BrN2O2S. The van der Waals surface area contributed by atoms with Crippen molar-refractivity contribution < 1.29 is 9.53 Å². The third-order valence-electron chi connectivity index (χ3n) is 4.31. The third-order valence-corrected chi connectivity index (χ3v) is 5.53. The predicted octanol–water partition coefficient (Wildman–Crippen LogP) is 4.69. The van der Waals surface area contributed by atoms with Crippen LogP contribution < -0.4 is 5.32 Å². The van der Waals surface area contributed by atoms with E-state index in [0.29, 0.717) is 18.5 Å². The van der Waals surface area contributed by atoms with E-state index in [0.717, 1.165) is 17.4 Å². The normalized spacial score (nSPS) is 23.1. The fourth-order valence-electron chi connectivity index (χ4n) is 3.33. The lowest BCUT2D eigenvalue weighted by atomic mass is 9.89. The highest BCUT2D eigenvalue weighted by molar-refractivity contribution is 9.10. The molecule has 1 saturated heterocycles. The average Bonchev–Trinajstić information content (AvgIpc) is 2.82. The van der Waals surface area contributed by atoms with Crippen molar-refractivity contribution in [1.29, 1.82) is 0 Å². The van der Waals surface area contributed by atoms with Crippen LogP contribution in [0.5, 0.6) is 0 Å². The van der Waals surface area contributed by atoms with Gasteiger partial charge in [0, 0.05) is 34.4 Å². The Balaban J connectivity index is 1.82. The van der Waals surface area contributed by atoms with E-state index in [-0.39, 0.29) is 6.09 Å². The Morgan fingerprint density at radius 2 is 2.17 bits per heavy atom. The van der Waals surface area contributed by atoms with Gasteiger partial charge in [-0.3, -0.25) is 0 Å². The van der Waals surface area contributed by atoms with E-state index >= 15 is 0 Å². The Kier molecular flexibility index (Phi) is 4.58. The van der Waals surface area contributed by atoms with Crippen molar-refractivity contribution in [2.45, 2.75) is 49.6 Å². The summed E-state index contributed by atoms with van der Waals surface area (Å²) in [6.45, 7) is 7.18. The molecule has 0 radical (unpaired) electrons. The van der Waals surface area contributed by atoms with Crippen molar-refractivity contribution in [3.63, 3.8) is 0 Å². The van der Waals surface area contributed by atoms with Crippen molar-refractivity contribution in [3.05, 3.63) is 22.2 Å². The van der Waals surface area contributed by atoms with E-state index in [9.17, 15) is 4.79 Å². The van der Waals surface area contributed by atoms with Crippen LogP contribution in [0.15, 0.2) is 21.5 Å². The standard InChI is InChI=1S/C17H23BrN2O2S/c1-17(2,3)22-16(21)20-6-5-13-12(9-20)11-7-10(18)8-14(23-4)15(11)19-13/h7-8,12-13,19H,5-6,9H2,1-4H3/t12?,13-/m0/s1. The highest BCUT2D eigenvalue weighted by Crippen LogP contribution is 2.46. The number of nitrogens with zero attached hydrogens (tertiary/aromatic N) is 1. The maximum absolute atomic E-state index is 12.4. The number of anilines is 1. The quantitative estimate of drug-likeness (QED) is 0.696. The molecule has 23 heavy (non-hydrogen) atoms. The van der Waals surface area contributed by atoms with Crippen molar-refractivity contribution >= 4 is 39.5 Å². The number of piperidine rings is 1. The predicted molar refractivity (Wildman–Crippen MR) is 98.5 cm³/mol. The number of hydrogen-bond donors (Lipinski definition) is 1. The number of likely N-dealkylation sites (tertiary alicyclic amines) is 1. The van der Waals surface area contributed by atoms with Gasteiger partial charge in [0.2, 0.25) is 0 Å². The highest BCUT2D eigenvalue weighted by atomic mass is 79.9. The number of rotatable bonds is 1. The molecule has 1 aromatic carbocycles. The summed E-state index contributed by atoms with van der Waals surface area (Å²) in [5, 5.41) is 3.67. The van der Waals surface area contributed by atoms with Crippen molar-refractivity contribution in [1.82, 2.24) is 4.90 Å². The molecule has 1 unspecified atom stereocenters. The van der Waals surface area contributed by atoms with Crippen molar-refractivity contribution in [3.8, 4) is 0 Å². The highest BCUT2D eigenvalue weighted by Gasteiger charge is 2.40. The molecule has 2 aliphatic heterocycles. The Labute approximate surface area is 150 Å². The van der Waals surface area contributed by atoms with Gasteiger partial charge in [0.05, 0.1) is 5.69 Å². The summed E-state index contributed by atoms with van der Waals surface area (Å²) in [7, 11) is 0. The molecule has 126 valence electrons. The number of benzene rings is 1. The van der Waals surface area contributed by atoms with Crippen LogP contribution in [0.2, 0.25) is 0 Å². The summed E-state index contributed by atoms with van der Waals surface area (Å²) in [5.41, 5.74) is 2.10. The first-order valence-electron chi connectivity index (χ1n) is 7.90. The molecule has 4 nitrogen and oxygen atoms in total. The van der Waals surface area contributed by atoms with E-state index in [1.807, 2.05) is 25.7 Å². The van der Waals surface area contributed by atoms with E-state index in [1.165, 1.54) is 16.1 Å². The minimum absolute atomic E-state index is 0.204. The molecule has 0 aromatic heterocycles. The van der Waals surface area contributed by atoms with E-state index in [1.54, 1.807) is 11.8 Å². The smallest absolute Gasteiger partial charge is 0.410 e. The van der Waals surface area contributed by atoms with Gasteiger partial charge in [-0.2, -0.15) is 0 Å². The molecule has 1 N–H and O–H groups in total. The topological polar surface area (TPSA) is 41.6 Å². The summed E-state index contributed by atoms with van der Waals surface area (Å²) in [6.07, 6.45) is 2.84. The number of carbonyl (C=O) groups is 1. The average molecular weight is 399 g/mol. The largest absolute Gasteiger partial charge is 0.444 e. The second kappa shape index (κ2) is 6.20. The molecular weight excluding hydrogens is 376 g/mol. The second-order valence-electron chi connectivity index (χ2n) is 7.14. The second-order valence-corrected chi connectivity index (χ2v) is 8.91. The van der Waals surface area contributed by atoms with Gasteiger partial charge in [-0.15, -0.1) is 11.8 Å². The van der Waals surface area contributed by atoms with Crippen molar-refractivity contribution in [2.75, 3.05) is 24.7 Å². The first kappa shape index (κ1) is 17.0. The molecule has 2 atom stereocenters. The fraction of sp³-hybridized carbons (Fsp3) is 0.588. The van der Waals surface area contributed by atoms with E-state index < -0.39 is 5.60 Å². The number of amides is 1. The SMILES string of the molecule is CSc1cc(Br)cc2c1N[C@H]1CCN(C(=O)OC(C)(C)C)CC21. The summed E-state index contributed by atoms with van der Waals surface area (Å²) in [4.78, 5) is 15.5. The molecule has 2 heterocycles. The summed E-state index contributed by atoms with van der Waals surface area (Å²) in [6, 6.07) is 4.74. The first-order chi connectivity index (χ1) is 10.8. The zero-order chi connectivity index (χ0) is 16.8. The molecule has 0 saturated carbocycles. The Morgan fingerprint density at radius 1 is 1.43 bits per heavy atom. The number of fused-ring (bicyclic) bond motifs is 3. The molecule has 1 amide bonds.